The van der Waals surface area contributed by atoms with Crippen LogP contribution in [0.3, 0.4) is 0 Å². The fourth-order valence-electron chi connectivity index (χ4n) is 2.34. The lowest BCUT2D eigenvalue weighted by molar-refractivity contribution is -0.0744. The monoisotopic (exact) mass is 346 g/mol. The largest absolute Gasteiger partial charge is 0.387 e. The van der Waals surface area contributed by atoms with Crippen LogP contribution in [0.2, 0.25) is 0 Å². The van der Waals surface area contributed by atoms with E-state index in [0.29, 0.717) is 11.2 Å². The number of nitrogens with one attached hydrogen (secondary N) is 1. The number of aromatic nitrogens is 4. The number of hydrogen-bond donors (Lipinski definition) is 5. The Bertz CT molecular complexity index is 727. The SMILES string of the molecule is Nc1ncnc2c1ncn2[C@@H]1O[C@H](CON[PH](=O)O)C(O)C1O. The number of hydrogen-bond acceptors (Lipinski definition) is 9. The van der Waals surface area contributed by atoms with E-state index in [1.807, 2.05) is 5.25 Å². The predicted octanol–water partition coefficient (Wildman–Crippen LogP) is -2.07. The van der Waals surface area contributed by atoms with Crippen LogP contribution in [0.5, 0.6) is 0 Å². The fraction of sp³-hybridized carbons (Fsp3) is 0.500. The molecule has 23 heavy (non-hydrogen) atoms. The standard InChI is InChI=1S/C10H15N6O6P/c11-8-5-9(13-2-12-8)16(3-14-5)10-7(18)6(17)4(22-10)1-21-15-23(19)20/h2-4,6-7,10,17-18,23H,1H2,(H2,11,12,13)(H2,15,19,20)/t4-,6?,7?,10-/m1/s1. The van der Waals surface area contributed by atoms with E-state index in [2.05, 4.69) is 15.0 Å². The van der Waals surface area contributed by atoms with Crippen molar-refractivity contribution in [1.29, 1.82) is 0 Å². The zero-order valence-electron chi connectivity index (χ0n) is 11.6. The summed E-state index contributed by atoms with van der Waals surface area (Å²) in [6, 6.07) is 0. The van der Waals surface area contributed by atoms with E-state index in [-0.39, 0.29) is 12.4 Å². The lowest BCUT2D eigenvalue weighted by atomic mass is 10.1. The number of ether oxygens (including phenoxy) is 1. The number of imidazole rings is 1. The Kier molecular flexibility index (Phi) is 4.55. The molecule has 2 aromatic rings. The maximum absolute atomic E-state index is 10.5. The van der Waals surface area contributed by atoms with Crippen molar-refractivity contribution >= 4 is 25.2 Å². The number of anilines is 1. The van der Waals surface area contributed by atoms with Crippen molar-refractivity contribution in [1.82, 2.24) is 24.8 Å². The molecule has 1 aliphatic heterocycles. The van der Waals surface area contributed by atoms with Crippen molar-refractivity contribution in [3.63, 3.8) is 0 Å². The number of nitrogens with zero attached hydrogens (tertiary/aromatic N) is 4. The van der Waals surface area contributed by atoms with Crippen LogP contribution in [0.4, 0.5) is 5.82 Å². The summed E-state index contributed by atoms with van der Waals surface area (Å²) in [6.45, 7) is -0.241. The third-order valence-electron chi connectivity index (χ3n) is 3.41. The van der Waals surface area contributed by atoms with E-state index in [4.69, 9.17) is 20.2 Å². The van der Waals surface area contributed by atoms with Gasteiger partial charge < -0.3 is 25.6 Å². The highest BCUT2D eigenvalue weighted by Crippen LogP contribution is 2.32. The van der Waals surface area contributed by atoms with Gasteiger partial charge in [-0.1, -0.05) is 0 Å². The molecule has 12 nitrogen and oxygen atoms in total. The first kappa shape index (κ1) is 16.2. The van der Waals surface area contributed by atoms with E-state index >= 15 is 0 Å². The fourth-order valence-corrected chi connectivity index (χ4v) is 2.55. The van der Waals surface area contributed by atoms with Gasteiger partial charge in [0.15, 0.2) is 17.7 Å². The van der Waals surface area contributed by atoms with Crippen LogP contribution >= 0.6 is 8.18 Å². The lowest BCUT2D eigenvalue weighted by Gasteiger charge is -2.16. The molecule has 0 bridgehead atoms. The van der Waals surface area contributed by atoms with E-state index in [9.17, 15) is 14.8 Å². The van der Waals surface area contributed by atoms with E-state index in [1.54, 1.807) is 0 Å². The van der Waals surface area contributed by atoms with Crippen LogP contribution in [0.15, 0.2) is 12.7 Å². The summed E-state index contributed by atoms with van der Waals surface area (Å²) in [7, 11) is -3.01. The van der Waals surface area contributed by atoms with Gasteiger partial charge in [0.25, 0.3) is 8.18 Å². The minimum absolute atomic E-state index is 0.180. The van der Waals surface area contributed by atoms with E-state index in [1.165, 1.54) is 17.2 Å². The van der Waals surface area contributed by atoms with Gasteiger partial charge in [-0.15, -0.1) is 5.25 Å². The molecule has 3 unspecified atom stereocenters. The molecule has 1 aliphatic rings. The van der Waals surface area contributed by atoms with Crippen molar-refractivity contribution < 1.29 is 29.2 Å². The number of aliphatic hydroxyl groups excluding tert-OH is 2. The first-order valence-corrected chi connectivity index (χ1v) is 7.90. The van der Waals surface area contributed by atoms with Gasteiger partial charge in [-0.25, -0.2) is 15.0 Å². The third-order valence-corrected chi connectivity index (χ3v) is 3.72. The summed E-state index contributed by atoms with van der Waals surface area (Å²) in [5.41, 5.74) is 6.38. The molecule has 3 rings (SSSR count). The van der Waals surface area contributed by atoms with Gasteiger partial charge in [0.1, 0.15) is 30.2 Å². The minimum Gasteiger partial charge on any atom is -0.387 e. The van der Waals surface area contributed by atoms with Crippen molar-refractivity contribution in [3.8, 4) is 0 Å². The smallest absolute Gasteiger partial charge is 0.278 e. The molecule has 126 valence electrons. The molecule has 2 aromatic heterocycles. The number of fused-ring (bicyclic) bond motifs is 1. The quantitative estimate of drug-likeness (QED) is 0.297. The molecule has 0 aromatic carbocycles. The second kappa shape index (κ2) is 6.45. The Labute approximate surface area is 129 Å². The molecule has 1 fully saturated rings. The molecular weight excluding hydrogens is 331 g/mol. The summed E-state index contributed by atoms with van der Waals surface area (Å²) in [5.74, 6) is 0.180. The highest BCUT2D eigenvalue weighted by molar-refractivity contribution is 7.35. The van der Waals surface area contributed by atoms with Crippen molar-refractivity contribution in [2.75, 3.05) is 12.3 Å². The molecule has 6 N–H and O–H groups in total. The zero-order chi connectivity index (χ0) is 16.6. The summed E-state index contributed by atoms with van der Waals surface area (Å²) < 4.78 is 17.5. The van der Waals surface area contributed by atoms with Gasteiger partial charge in [-0.3, -0.25) is 14.0 Å². The van der Waals surface area contributed by atoms with Crippen molar-refractivity contribution in [3.05, 3.63) is 12.7 Å². The Morgan fingerprint density at radius 3 is 2.91 bits per heavy atom. The van der Waals surface area contributed by atoms with Crippen LogP contribution in [0.25, 0.3) is 11.2 Å². The average Bonchev–Trinajstić information content (AvgIpc) is 3.04. The van der Waals surface area contributed by atoms with Crippen molar-refractivity contribution in [2.24, 2.45) is 0 Å². The van der Waals surface area contributed by atoms with Gasteiger partial charge in [0, 0.05) is 0 Å². The third kappa shape index (κ3) is 3.05. The summed E-state index contributed by atoms with van der Waals surface area (Å²) in [5, 5.41) is 22.0. The molecule has 0 aliphatic carbocycles. The Morgan fingerprint density at radius 2 is 2.17 bits per heavy atom. The summed E-state index contributed by atoms with van der Waals surface area (Å²) in [4.78, 5) is 25.3. The predicted molar refractivity (Wildman–Crippen MR) is 76.0 cm³/mol. The Balaban J connectivity index is 1.80. The molecule has 0 amide bonds. The minimum atomic E-state index is -3.01. The van der Waals surface area contributed by atoms with Crippen LogP contribution in [-0.4, -0.2) is 59.5 Å². The number of rotatable bonds is 5. The first-order valence-electron chi connectivity index (χ1n) is 6.54. The first-order chi connectivity index (χ1) is 11.0. The molecule has 13 heteroatoms. The van der Waals surface area contributed by atoms with Crippen LogP contribution in [-0.2, 0) is 14.1 Å². The van der Waals surface area contributed by atoms with Gasteiger partial charge in [0.05, 0.1) is 12.9 Å². The van der Waals surface area contributed by atoms with Gasteiger partial charge in [-0.05, 0) is 0 Å². The molecule has 3 heterocycles. The topological polar surface area (TPSA) is 178 Å². The average molecular weight is 346 g/mol. The van der Waals surface area contributed by atoms with Crippen LogP contribution in [0, 0.1) is 0 Å². The lowest BCUT2D eigenvalue weighted by Crippen LogP contribution is -2.34. The second-order valence-corrected chi connectivity index (χ2v) is 5.66. The summed E-state index contributed by atoms with van der Waals surface area (Å²) in [6.07, 6.45) is -1.81. The molecular formula is C10H15N6O6P. The van der Waals surface area contributed by atoms with E-state index in [0.717, 1.165) is 0 Å². The maximum atomic E-state index is 10.5. The summed E-state index contributed by atoms with van der Waals surface area (Å²) >= 11 is 0. The van der Waals surface area contributed by atoms with Crippen molar-refractivity contribution in [2.45, 2.75) is 24.5 Å². The maximum Gasteiger partial charge on any atom is 0.278 e. The highest BCUT2D eigenvalue weighted by atomic mass is 31.1. The Hall–Kier alpha value is -1.66. The van der Waals surface area contributed by atoms with Gasteiger partial charge in [0.2, 0.25) is 0 Å². The molecule has 5 atom stereocenters. The molecule has 1 saturated heterocycles. The highest BCUT2D eigenvalue weighted by Gasteiger charge is 2.44. The molecule has 0 spiro atoms. The Morgan fingerprint density at radius 1 is 1.39 bits per heavy atom. The van der Waals surface area contributed by atoms with Gasteiger partial charge >= 0.3 is 0 Å². The number of nitrogens with two attached hydrogens (primary N) is 1. The second-order valence-electron chi connectivity index (χ2n) is 4.85. The van der Waals surface area contributed by atoms with Crippen LogP contribution < -0.4 is 11.0 Å². The van der Waals surface area contributed by atoms with Gasteiger partial charge in [-0.2, -0.15) is 0 Å². The number of nitrogen functional groups attached to an aromatic ring is 1. The van der Waals surface area contributed by atoms with E-state index < -0.39 is 32.7 Å². The molecule has 0 saturated carbocycles. The zero-order valence-corrected chi connectivity index (χ0v) is 12.6. The molecule has 0 radical (unpaired) electrons. The van der Waals surface area contributed by atoms with Crippen LogP contribution in [0.1, 0.15) is 6.23 Å². The normalized spacial score (nSPS) is 29.2. The number of aliphatic hydroxyl groups is 2.